The van der Waals surface area contributed by atoms with E-state index in [-0.39, 0.29) is 6.04 Å². The van der Waals surface area contributed by atoms with E-state index in [0.717, 1.165) is 25.7 Å². The molecule has 1 saturated carbocycles. The third-order valence-corrected chi connectivity index (χ3v) is 4.92. The van der Waals surface area contributed by atoms with Crippen molar-refractivity contribution < 1.29 is 5.11 Å². The van der Waals surface area contributed by atoms with Gasteiger partial charge in [-0.25, -0.2) is 0 Å². The maximum atomic E-state index is 11.0. The number of nitrogens with one attached hydrogen (secondary N) is 1. The van der Waals surface area contributed by atoms with E-state index >= 15 is 0 Å². The van der Waals surface area contributed by atoms with Gasteiger partial charge in [-0.2, -0.15) is 0 Å². The molecule has 0 bridgehead atoms. The van der Waals surface area contributed by atoms with Crippen LogP contribution in [0.25, 0.3) is 11.1 Å². The first kappa shape index (κ1) is 15.3. The van der Waals surface area contributed by atoms with Crippen molar-refractivity contribution >= 4 is 0 Å². The van der Waals surface area contributed by atoms with E-state index in [1.54, 1.807) is 0 Å². The molecule has 0 unspecified atom stereocenters. The lowest BCUT2D eigenvalue weighted by Gasteiger charge is -2.40. The number of hydrogen-bond acceptors (Lipinski definition) is 2. The van der Waals surface area contributed by atoms with Gasteiger partial charge in [0.1, 0.15) is 0 Å². The molecule has 0 radical (unpaired) electrons. The van der Waals surface area contributed by atoms with Crippen LogP contribution in [0.4, 0.5) is 0 Å². The Morgan fingerprint density at radius 3 is 2.36 bits per heavy atom. The maximum absolute atomic E-state index is 11.0. The van der Waals surface area contributed by atoms with E-state index in [1.165, 1.54) is 23.1 Å². The van der Waals surface area contributed by atoms with Gasteiger partial charge >= 0.3 is 0 Å². The summed E-state index contributed by atoms with van der Waals surface area (Å²) in [6.45, 7) is 0. The molecule has 0 saturated heterocycles. The van der Waals surface area contributed by atoms with Crippen LogP contribution >= 0.6 is 0 Å². The largest absolute Gasteiger partial charge is 0.388 e. The van der Waals surface area contributed by atoms with Crippen molar-refractivity contribution in [3.8, 4) is 11.1 Å². The summed E-state index contributed by atoms with van der Waals surface area (Å²) in [5.41, 5.74) is 3.06. The predicted octanol–water partition coefficient (Wildman–Crippen LogP) is 3.79. The molecule has 0 heterocycles. The minimum Gasteiger partial charge on any atom is -0.388 e. The highest BCUT2D eigenvalue weighted by Gasteiger charge is 2.37. The van der Waals surface area contributed by atoms with Crippen molar-refractivity contribution in [1.29, 1.82) is 0 Å². The average Bonchev–Trinajstić information content (AvgIpc) is 2.56. The van der Waals surface area contributed by atoms with Crippen molar-refractivity contribution in [2.24, 2.45) is 0 Å². The SMILES string of the molecule is CN[C@H]1CCCC[C@@]1(O)Cc1ccc(-c2ccccc2)cc1. The fourth-order valence-electron chi connectivity index (χ4n) is 3.65. The highest BCUT2D eigenvalue weighted by molar-refractivity contribution is 5.63. The molecule has 2 heteroatoms. The molecule has 0 aliphatic heterocycles. The summed E-state index contributed by atoms with van der Waals surface area (Å²) in [5.74, 6) is 0. The molecule has 1 aliphatic rings. The first-order chi connectivity index (χ1) is 10.7. The van der Waals surface area contributed by atoms with E-state index in [4.69, 9.17) is 0 Å². The van der Waals surface area contributed by atoms with Gasteiger partial charge in [0, 0.05) is 12.5 Å². The fraction of sp³-hybridized carbons (Fsp3) is 0.400. The van der Waals surface area contributed by atoms with Crippen LogP contribution in [0.3, 0.4) is 0 Å². The molecule has 22 heavy (non-hydrogen) atoms. The minimum atomic E-state index is -0.610. The summed E-state index contributed by atoms with van der Waals surface area (Å²) in [6.07, 6.45) is 5.01. The molecule has 0 amide bonds. The van der Waals surface area contributed by atoms with Gasteiger partial charge in [0.25, 0.3) is 0 Å². The van der Waals surface area contributed by atoms with Crippen LogP contribution in [0.5, 0.6) is 0 Å². The molecule has 116 valence electrons. The summed E-state index contributed by atoms with van der Waals surface area (Å²) in [7, 11) is 1.96. The van der Waals surface area contributed by atoms with Crippen LogP contribution < -0.4 is 5.32 Å². The van der Waals surface area contributed by atoms with Crippen LogP contribution in [0, 0.1) is 0 Å². The van der Waals surface area contributed by atoms with Gasteiger partial charge in [-0.05, 0) is 36.6 Å². The molecular formula is C20H25NO. The van der Waals surface area contributed by atoms with Crippen molar-refractivity contribution in [2.45, 2.75) is 43.7 Å². The molecule has 1 fully saturated rings. The first-order valence-electron chi connectivity index (χ1n) is 8.25. The Hall–Kier alpha value is -1.64. The zero-order valence-corrected chi connectivity index (χ0v) is 13.3. The second-order valence-electron chi connectivity index (χ2n) is 6.43. The number of hydrogen-bond donors (Lipinski definition) is 2. The van der Waals surface area contributed by atoms with Crippen LogP contribution in [-0.2, 0) is 6.42 Å². The Morgan fingerprint density at radius 2 is 1.68 bits per heavy atom. The average molecular weight is 295 g/mol. The fourth-order valence-corrected chi connectivity index (χ4v) is 3.65. The molecule has 0 spiro atoms. The van der Waals surface area contributed by atoms with Crippen LogP contribution in [-0.4, -0.2) is 23.8 Å². The Morgan fingerprint density at radius 1 is 1.00 bits per heavy atom. The third-order valence-electron chi connectivity index (χ3n) is 4.92. The van der Waals surface area contributed by atoms with E-state index in [2.05, 4.69) is 53.8 Å². The predicted molar refractivity (Wildman–Crippen MR) is 91.8 cm³/mol. The second-order valence-corrected chi connectivity index (χ2v) is 6.43. The topological polar surface area (TPSA) is 32.3 Å². The second kappa shape index (κ2) is 6.64. The van der Waals surface area contributed by atoms with Gasteiger partial charge in [-0.15, -0.1) is 0 Å². The van der Waals surface area contributed by atoms with Gasteiger partial charge in [-0.3, -0.25) is 0 Å². The van der Waals surface area contributed by atoms with Gasteiger partial charge in [0.05, 0.1) is 5.60 Å². The van der Waals surface area contributed by atoms with Crippen molar-refractivity contribution in [3.05, 3.63) is 60.2 Å². The summed E-state index contributed by atoms with van der Waals surface area (Å²) >= 11 is 0. The lowest BCUT2D eigenvalue weighted by atomic mass is 9.76. The standard InChI is InChI=1S/C20H25NO/c1-21-19-9-5-6-14-20(19,22)15-16-10-12-18(13-11-16)17-7-3-2-4-8-17/h2-4,7-8,10-13,19,21-22H,5-6,9,14-15H2,1H3/t19-,20+/m0/s1. The summed E-state index contributed by atoms with van der Waals surface area (Å²) < 4.78 is 0. The number of likely N-dealkylation sites (N-methyl/N-ethyl adjacent to an activating group) is 1. The summed E-state index contributed by atoms with van der Waals surface area (Å²) in [5, 5.41) is 14.3. The zero-order chi connectivity index (χ0) is 15.4. The summed E-state index contributed by atoms with van der Waals surface area (Å²) in [4.78, 5) is 0. The van der Waals surface area contributed by atoms with Crippen LogP contribution in [0.15, 0.2) is 54.6 Å². The van der Waals surface area contributed by atoms with E-state index in [1.807, 2.05) is 13.1 Å². The monoisotopic (exact) mass is 295 g/mol. The van der Waals surface area contributed by atoms with Crippen molar-refractivity contribution in [2.75, 3.05) is 7.05 Å². The van der Waals surface area contributed by atoms with Gasteiger partial charge in [-0.1, -0.05) is 67.4 Å². The van der Waals surface area contributed by atoms with Gasteiger partial charge in [0.2, 0.25) is 0 Å². The number of rotatable bonds is 4. The molecule has 2 aromatic rings. The zero-order valence-electron chi connectivity index (χ0n) is 13.3. The Balaban J connectivity index is 1.76. The minimum absolute atomic E-state index is 0.204. The van der Waals surface area contributed by atoms with Gasteiger partial charge in [0.15, 0.2) is 0 Å². The summed E-state index contributed by atoms with van der Waals surface area (Å²) in [6, 6.07) is 19.2. The molecule has 2 nitrogen and oxygen atoms in total. The first-order valence-corrected chi connectivity index (χ1v) is 8.25. The van der Waals surface area contributed by atoms with Crippen LogP contribution in [0.1, 0.15) is 31.2 Å². The lowest BCUT2D eigenvalue weighted by molar-refractivity contribution is -0.0240. The Bertz CT molecular complexity index is 593. The highest BCUT2D eigenvalue weighted by Crippen LogP contribution is 2.32. The number of aliphatic hydroxyl groups is 1. The lowest BCUT2D eigenvalue weighted by Crippen LogP contribution is -2.53. The van der Waals surface area contributed by atoms with Crippen molar-refractivity contribution in [3.63, 3.8) is 0 Å². The Kier molecular flexibility index (Phi) is 4.60. The smallest absolute Gasteiger partial charge is 0.0840 e. The quantitative estimate of drug-likeness (QED) is 0.899. The van der Waals surface area contributed by atoms with E-state index in [9.17, 15) is 5.11 Å². The molecular weight excluding hydrogens is 270 g/mol. The highest BCUT2D eigenvalue weighted by atomic mass is 16.3. The molecule has 2 aromatic carbocycles. The molecule has 2 N–H and O–H groups in total. The van der Waals surface area contributed by atoms with E-state index < -0.39 is 5.60 Å². The van der Waals surface area contributed by atoms with Crippen LogP contribution in [0.2, 0.25) is 0 Å². The molecule has 2 atom stereocenters. The normalized spacial score (nSPS) is 25.1. The van der Waals surface area contributed by atoms with Gasteiger partial charge < -0.3 is 10.4 Å². The van der Waals surface area contributed by atoms with Crippen molar-refractivity contribution in [1.82, 2.24) is 5.32 Å². The maximum Gasteiger partial charge on any atom is 0.0840 e. The third kappa shape index (κ3) is 3.23. The molecule has 1 aliphatic carbocycles. The molecule has 0 aromatic heterocycles. The Labute approximate surface area is 133 Å². The van der Waals surface area contributed by atoms with E-state index in [0.29, 0.717) is 0 Å². The number of benzene rings is 2. The molecule has 3 rings (SSSR count).